The van der Waals surface area contributed by atoms with E-state index in [1.165, 1.54) is 25.8 Å². The minimum absolute atomic E-state index is 0.181. The number of benzene rings is 1. The number of ether oxygens (including phenoxy) is 1. The summed E-state index contributed by atoms with van der Waals surface area (Å²) >= 11 is 4.64. The third kappa shape index (κ3) is 3.90. The largest absolute Gasteiger partial charge is 0.467 e. The van der Waals surface area contributed by atoms with Gasteiger partial charge in [0.15, 0.2) is 5.60 Å². The van der Waals surface area contributed by atoms with Gasteiger partial charge < -0.3 is 15.6 Å². The molecule has 0 saturated carbocycles. The van der Waals surface area contributed by atoms with Crippen molar-refractivity contribution in [3.8, 4) is 0 Å². The minimum Gasteiger partial charge on any atom is -0.467 e. The molecule has 0 bridgehead atoms. The van der Waals surface area contributed by atoms with Crippen LogP contribution < -0.4 is 5.73 Å². The van der Waals surface area contributed by atoms with Gasteiger partial charge in [-0.25, -0.2) is 4.79 Å². The summed E-state index contributed by atoms with van der Waals surface area (Å²) < 4.78 is 5.41. The molecule has 1 aromatic rings. The first kappa shape index (κ1) is 14.3. The van der Waals surface area contributed by atoms with E-state index in [4.69, 9.17) is 5.73 Å². The van der Waals surface area contributed by atoms with Crippen LogP contribution in [0.2, 0.25) is 0 Å². The molecule has 3 N–H and O–H groups in total. The predicted octanol–water partition coefficient (Wildman–Crippen LogP) is 2.05. The molecule has 17 heavy (non-hydrogen) atoms. The Labute approximate surface area is 113 Å². The summed E-state index contributed by atoms with van der Waals surface area (Å²) in [4.78, 5) is 12.1. The van der Waals surface area contributed by atoms with E-state index in [1.807, 2.05) is 12.1 Å². The van der Waals surface area contributed by atoms with Crippen LogP contribution in [0.5, 0.6) is 0 Å². The molecular weight excluding hydrogens is 306 g/mol. The number of carbonyl (C=O) groups excluding carboxylic acids is 1. The van der Waals surface area contributed by atoms with E-state index in [2.05, 4.69) is 20.7 Å². The molecular formula is C11H14BrNO3S. The number of anilines is 1. The third-order valence-electron chi connectivity index (χ3n) is 2.11. The van der Waals surface area contributed by atoms with Gasteiger partial charge in [0, 0.05) is 20.8 Å². The minimum atomic E-state index is -1.52. The van der Waals surface area contributed by atoms with E-state index in [-0.39, 0.29) is 5.75 Å². The number of hydrogen-bond donors (Lipinski definition) is 2. The number of nitrogen functional groups attached to an aromatic ring is 1. The van der Waals surface area contributed by atoms with E-state index in [9.17, 15) is 9.90 Å². The maximum atomic E-state index is 11.3. The van der Waals surface area contributed by atoms with E-state index in [1.54, 1.807) is 6.07 Å². The number of esters is 1. The maximum Gasteiger partial charge on any atom is 0.338 e. The summed E-state index contributed by atoms with van der Waals surface area (Å²) in [7, 11) is 1.24. The topological polar surface area (TPSA) is 72.5 Å². The number of carbonyl (C=O) groups is 1. The average molecular weight is 320 g/mol. The van der Waals surface area contributed by atoms with Gasteiger partial charge in [-0.15, -0.1) is 11.8 Å². The molecule has 0 heterocycles. The summed E-state index contributed by atoms with van der Waals surface area (Å²) in [5, 5.41) is 9.86. The second kappa shape index (κ2) is 5.75. The van der Waals surface area contributed by atoms with Crippen LogP contribution in [-0.4, -0.2) is 29.5 Å². The smallest absolute Gasteiger partial charge is 0.338 e. The highest BCUT2D eigenvalue weighted by atomic mass is 79.9. The van der Waals surface area contributed by atoms with Crippen LogP contribution in [0.25, 0.3) is 0 Å². The third-order valence-corrected chi connectivity index (χ3v) is 3.97. The van der Waals surface area contributed by atoms with Gasteiger partial charge in [0.25, 0.3) is 0 Å². The Morgan fingerprint density at radius 2 is 2.29 bits per heavy atom. The van der Waals surface area contributed by atoms with Crippen molar-refractivity contribution in [1.29, 1.82) is 0 Å². The summed E-state index contributed by atoms with van der Waals surface area (Å²) in [5.74, 6) is -0.473. The summed E-state index contributed by atoms with van der Waals surface area (Å²) in [6.07, 6.45) is 0. The van der Waals surface area contributed by atoms with Crippen molar-refractivity contribution >= 4 is 39.3 Å². The molecule has 0 amide bonds. The number of methoxy groups -OCH3 is 1. The van der Waals surface area contributed by atoms with Gasteiger partial charge >= 0.3 is 5.97 Å². The molecule has 0 fully saturated rings. The van der Waals surface area contributed by atoms with Crippen molar-refractivity contribution in [3.63, 3.8) is 0 Å². The van der Waals surface area contributed by atoms with Crippen molar-refractivity contribution in [1.82, 2.24) is 0 Å². The second-order valence-corrected chi connectivity index (χ2v) is 5.67. The van der Waals surface area contributed by atoms with Gasteiger partial charge in [-0.1, -0.05) is 15.9 Å². The van der Waals surface area contributed by atoms with E-state index in [0.717, 1.165) is 9.37 Å². The number of halogens is 1. The number of rotatable bonds is 4. The SMILES string of the molecule is COC(=O)C(C)(O)CSc1cc(Br)ccc1N. The molecule has 6 heteroatoms. The highest BCUT2D eigenvalue weighted by Gasteiger charge is 2.31. The first-order valence-electron chi connectivity index (χ1n) is 4.85. The van der Waals surface area contributed by atoms with Gasteiger partial charge in [-0.05, 0) is 25.1 Å². The first-order chi connectivity index (χ1) is 7.86. The summed E-state index contributed by atoms with van der Waals surface area (Å²) in [5.41, 5.74) is 4.88. The van der Waals surface area contributed by atoms with Gasteiger partial charge in [-0.3, -0.25) is 0 Å². The van der Waals surface area contributed by atoms with Crippen molar-refractivity contribution in [2.45, 2.75) is 17.4 Å². The Hall–Kier alpha value is -0.720. The lowest BCUT2D eigenvalue weighted by Crippen LogP contribution is -2.38. The highest BCUT2D eigenvalue weighted by molar-refractivity contribution is 9.10. The number of hydrogen-bond acceptors (Lipinski definition) is 5. The van der Waals surface area contributed by atoms with Crippen LogP contribution in [0.1, 0.15) is 6.92 Å². The Morgan fingerprint density at radius 3 is 2.88 bits per heavy atom. The fraction of sp³-hybridized carbons (Fsp3) is 0.364. The van der Waals surface area contributed by atoms with Gasteiger partial charge in [0.05, 0.1) is 7.11 Å². The van der Waals surface area contributed by atoms with Crippen LogP contribution >= 0.6 is 27.7 Å². The van der Waals surface area contributed by atoms with Crippen LogP contribution in [0.4, 0.5) is 5.69 Å². The molecule has 0 spiro atoms. The molecule has 0 aliphatic carbocycles. The van der Waals surface area contributed by atoms with Crippen molar-refractivity contribution in [2.24, 2.45) is 0 Å². The normalized spacial score (nSPS) is 14.1. The van der Waals surface area contributed by atoms with Crippen molar-refractivity contribution in [2.75, 3.05) is 18.6 Å². The first-order valence-corrected chi connectivity index (χ1v) is 6.63. The zero-order valence-corrected chi connectivity index (χ0v) is 12.0. The zero-order valence-electron chi connectivity index (χ0n) is 9.57. The predicted molar refractivity (Wildman–Crippen MR) is 71.9 cm³/mol. The monoisotopic (exact) mass is 319 g/mol. The van der Waals surface area contributed by atoms with Gasteiger partial charge in [0.2, 0.25) is 0 Å². The molecule has 4 nitrogen and oxygen atoms in total. The lowest BCUT2D eigenvalue weighted by molar-refractivity contribution is -0.158. The molecule has 0 aromatic heterocycles. The fourth-order valence-electron chi connectivity index (χ4n) is 1.13. The molecule has 1 aromatic carbocycles. The molecule has 0 radical (unpaired) electrons. The quantitative estimate of drug-likeness (QED) is 0.505. The fourth-order valence-corrected chi connectivity index (χ4v) is 2.64. The Morgan fingerprint density at radius 1 is 1.65 bits per heavy atom. The summed E-state index contributed by atoms with van der Waals surface area (Å²) in [6.45, 7) is 1.42. The maximum absolute atomic E-state index is 11.3. The van der Waals surface area contributed by atoms with Gasteiger partial charge in [-0.2, -0.15) is 0 Å². The lowest BCUT2D eigenvalue weighted by atomic mass is 10.1. The Kier molecular flexibility index (Phi) is 4.85. The van der Waals surface area contributed by atoms with Gasteiger partial charge in [0.1, 0.15) is 0 Å². The number of nitrogens with two attached hydrogens (primary N) is 1. The zero-order chi connectivity index (χ0) is 13.1. The Bertz CT molecular complexity index is 423. The molecule has 0 saturated heterocycles. The highest BCUT2D eigenvalue weighted by Crippen LogP contribution is 2.30. The number of thioether (sulfide) groups is 1. The average Bonchev–Trinajstić information content (AvgIpc) is 2.29. The van der Waals surface area contributed by atoms with E-state index >= 15 is 0 Å². The van der Waals surface area contributed by atoms with Crippen molar-refractivity contribution < 1.29 is 14.6 Å². The van der Waals surface area contributed by atoms with Crippen LogP contribution in [0.3, 0.4) is 0 Å². The van der Waals surface area contributed by atoms with Crippen LogP contribution in [0.15, 0.2) is 27.6 Å². The molecule has 1 rings (SSSR count). The van der Waals surface area contributed by atoms with E-state index < -0.39 is 11.6 Å². The molecule has 0 aliphatic rings. The van der Waals surface area contributed by atoms with Crippen LogP contribution in [-0.2, 0) is 9.53 Å². The molecule has 94 valence electrons. The second-order valence-electron chi connectivity index (χ2n) is 3.74. The molecule has 0 aliphatic heterocycles. The van der Waals surface area contributed by atoms with E-state index in [0.29, 0.717) is 5.69 Å². The Balaban J connectivity index is 2.73. The summed E-state index contributed by atoms with van der Waals surface area (Å²) in [6, 6.07) is 5.43. The molecule has 1 unspecified atom stereocenters. The molecule has 1 atom stereocenters. The number of aliphatic hydroxyl groups is 1. The standard InChI is InChI=1S/C11H14BrNO3S/c1-11(15,10(14)16-2)6-17-9-5-7(12)3-4-8(9)13/h3-5,15H,6,13H2,1-2H3. The van der Waals surface area contributed by atoms with Crippen LogP contribution in [0, 0.1) is 0 Å². The van der Waals surface area contributed by atoms with Crippen molar-refractivity contribution in [3.05, 3.63) is 22.7 Å². The lowest BCUT2D eigenvalue weighted by Gasteiger charge is -2.19.